The molecule has 0 bridgehead atoms. The minimum Gasteiger partial charge on any atom is -0.508 e. The molecule has 0 aliphatic carbocycles. The van der Waals surface area contributed by atoms with Crippen molar-refractivity contribution in [1.82, 2.24) is 26.6 Å². The molecule has 1 aromatic rings. The highest BCUT2D eigenvalue weighted by molar-refractivity contribution is 5.96. The van der Waals surface area contributed by atoms with Crippen molar-refractivity contribution in [2.75, 3.05) is 6.54 Å². The lowest BCUT2D eigenvalue weighted by atomic mass is 10.0. The minimum atomic E-state index is -1.63. The number of aromatic hydroxyl groups is 1. The Morgan fingerprint density at radius 2 is 1.04 bits per heavy atom. The van der Waals surface area contributed by atoms with Crippen molar-refractivity contribution in [3.63, 3.8) is 0 Å². The van der Waals surface area contributed by atoms with Gasteiger partial charge in [0.25, 0.3) is 0 Å². The quantitative estimate of drug-likeness (QED) is 0.0576. The number of amides is 5. The number of carboxylic acid groups (broad SMARTS) is 4. The molecule has 20 nitrogen and oxygen atoms in total. The molecule has 0 fully saturated rings. The molecule has 0 radical (unpaired) electrons. The smallest absolute Gasteiger partial charge is 0.322 e. The van der Waals surface area contributed by atoms with Crippen LogP contribution in [0.4, 0.5) is 0 Å². The Balaban J connectivity index is 3.11. The van der Waals surface area contributed by atoms with Gasteiger partial charge in [0, 0.05) is 25.7 Å². The first kappa shape index (κ1) is 41.2. The molecule has 5 atom stereocenters. The lowest BCUT2D eigenvalue weighted by Crippen LogP contribution is -2.58. The zero-order chi connectivity index (χ0) is 37.3. The molecule has 0 aromatic heterocycles. The number of hydrogen-bond donors (Lipinski definition) is 11. The molecule has 0 unspecified atom stereocenters. The van der Waals surface area contributed by atoms with E-state index >= 15 is 0 Å². The van der Waals surface area contributed by atoms with E-state index in [2.05, 4.69) is 26.6 Å². The van der Waals surface area contributed by atoms with Gasteiger partial charge in [-0.1, -0.05) is 12.1 Å². The fraction of sp³-hybridized carbons (Fsp3) is 0.483. The Morgan fingerprint density at radius 1 is 0.592 bits per heavy atom. The summed E-state index contributed by atoms with van der Waals surface area (Å²) < 4.78 is 0. The SMILES string of the molecule is C[C@H](NC(=O)[C@H](CCC(=O)O)NC(=O)[C@H](CCC(=O)O)NC(=O)[C@@H](N)CCC(=O)O)C(=O)N[C@@H](Cc1ccc(O)cc1)C(=O)NCC(=O)O. The minimum absolute atomic E-state index is 0.0737. The van der Waals surface area contributed by atoms with Gasteiger partial charge in [-0.25, -0.2) is 0 Å². The summed E-state index contributed by atoms with van der Waals surface area (Å²) >= 11 is 0. The van der Waals surface area contributed by atoms with Crippen LogP contribution in [0.2, 0.25) is 0 Å². The molecule has 12 N–H and O–H groups in total. The number of phenols is 1. The van der Waals surface area contributed by atoms with Crippen molar-refractivity contribution >= 4 is 53.4 Å². The van der Waals surface area contributed by atoms with Gasteiger partial charge in [0.15, 0.2) is 0 Å². The van der Waals surface area contributed by atoms with Gasteiger partial charge >= 0.3 is 23.9 Å². The Kier molecular flexibility index (Phi) is 17.2. The van der Waals surface area contributed by atoms with E-state index in [9.17, 15) is 48.3 Å². The predicted octanol–water partition coefficient (Wildman–Crippen LogP) is -2.98. The number of aliphatic carboxylic acids is 4. The third kappa shape index (κ3) is 16.6. The third-order valence-corrected chi connectivity index (χ3v) is 6.74. The molecule has 0 spiro atoms. The zero-order valence-electron chi connectivity index (χ0n) is 26.3. The van der Waals surface area contributed by atoms with Crippen molar-refractivity contribution in [2.45, 2.75) is 82.1 Å². The fourth-order valence-electron chi connectivity index (χ4n) is 4.07. The van der Waals surface area contributed by atoms with Crippen LogP contribution in [0, 0.1) is 0 Å². The molecule has 5 amide bonds. The summed E-state index contributed by atoms with van der Waals surface area (Å²) in [6.07, 6.45) is -3.22. The Hall–Kier alpha value is -5.79. The van der Waals surface area contributed by atoms with Gasteiger partial charge in [-0.15, -0.1) is 0 Å². The van der Waals surface area contributed by atoms with Crippen LogP contribution < -0.4 is 32.3 Å². The monoisotopic (exact) mass is 696 g/mol. The molecule has 1 aromatic carbocycles. The summed E-state index contributed by atoms with van der Waals surface area (Å²) in [5, 5.41) is 56.7. The summed E-state index contributed by atoms with van der Waals surface area (Å²) in [4.78, 5) is 109. The molecule has 0 saturated carbocycles. The largest absolute Gasteiger partial charge is 0.508 e. The predicted molar refractivity (Wildman–Crippen MR) is 164 cm³/mol. The first-order chi connectivity index (χ1) is 22.9. The summed E-state index contributed by atoms with van der Waals surface area (Å²) in [6.45, 7) is 0.435. The molecular weight excluding hydrogens is 656 g/mol. The van der Waals surface area contributed by atoms with Crippen molar-refractivity contribution in [1.29, 1.82) is 0 Å². The normalized spacial score (nSPS) is 13.7. The average molecular weight is 697 g/mol. The number of carbonyl (C=O) groups excluding carboxylic acids is 5. The van der Waals surface area contributed by atoms with Crippen molar-refractivity contribution in [3.8, 4) is 5.75 Å². The van der Waals surface area contributed by atoms with E-state index in [1.165, 1.54) is 31.2 Å². The molecule has 0 aliphatic rings. The van der Waals surface area contributed by atoms with Gasteiger partial charge in [0.1, 0.15) is 36.5 Å². The van der Waals surface area contributed by atoms with Gasteiger partial charge in [0.05, 0.1) is 6.04 Å². The van der Waals surface area contributed by atoms with Crippen LogP contribution in [0.1, 0.15) is 51.0 Å². The first-order valence-corrected chi connectivity index (χ1v) is 14.8. The number of benzene rings is 1. The van der Waals surface area contributed by atoms with Crippen LogP contribution in [0.25, 0.3) is 0 Å². The highest BCUT2D eigenvalue weighted by atomic mass is 16.4. The number of phenolic OH excluding ortho intramolecular Hbond substituents is 1. The lowest BCUT2D eigenvalue weighted by Gasteiger charge is -2.25. The Labute approximate surface area is 278 Å². The molecule has 20 heteroatoms. The summed E-state index contributed by atoms with van der Waals surface area (Å²) in [5.41, 5.74) is 6.13. The van der Waals surface area contributed by atoms with Gasteiger partial charge in [-0.2, -0.15) is 0 Å². The topological polar surface area (TPSA) is 341 Å². The number of rotatable bonds is 22. The second kappa shape index (κ2) is 20.4. The van der Waals surface area contributed by atoms with Crippen molar-refractivity contribution in [3.05, 3.63) is 29.8 Å². The Morgan fingerprint density at radius 3 is 1.53 bits per heavy atom. The summed E-state index contributed by atoms with van der Waals surface area (Å²) in [6, 6.07) is -1.82. The highest BCUT2D eigenvalue weighted by Crippen LogP contribution is 2.12. The standard InChI is InChI=1S/C29H40N6O14/c1-14(25(45)35-20(27(47)31-13-24(43)44)12-15-2-4-16(36)5-3-15)32-28(48)18(7-10-22(39)40)34-29(49)19(8-11-23(41)42)33-26(46)17(30)6-9-21(37)38/h2-5,14,17-20,36H,6-13,30H2,1H3,(H,31,47)(H,32,48)(H,33,46)(H,34,49)(H,35,45)(H,37,38)(H,39,40)(H,41,42)(H,43,44)/t14-,17-,18-,19-,20-/m0/s1. The van der Waals surface area contributed by atoms with Crippen LogP contribution in [-0.2, 0) is 49.6 Å². The maximum Gasteiger partial charge on any atom is 0.322 e. The van der Waals surface area contributed by atoms with Crippen molar-refractivity contribution in [2.24, 2.45) is 5.73 Å². The maximum atomic E-state index is 13.2. The number of carbonyl (C=O) groups is 9. The number of nitrogens with one attached hydrogen (secondary N) is 5. The molecule has 0 saturated heterocycles. The molecular formula is C29H40N6O14. The van der Waals surface area contributed by atoms with Crippen molar-refractivity contribution < 1.29 is 68.7 Å². The highest BCUT2D eigenvalue weighted by Gasteiger charge is 2.31. The van der Waals surface area contributed by atoms with Gasteiger partial charge < -0.3 is 57.9 Å². The van der Waals surface area contributed by atoms with E-state index in [0.717, 1.165) is 0 Å². The molecule has 0 aliphatic heterocycles. The van der Waals surface area contributed by atoms with Crippen LogP contribution in [0.3, 0.4) is 0 Å². The number of nitrogens with two attached hydrogens (primary N) is 1. The van der Waals surface area contributed by atoms with E-state index in [0.29, 0.717) is 5.56 Å². The van der Waals surface area contributed by atoms with E-state index < -0.39 is 122 Å². The van der Waals surface area contributed by atoms with E-state index in [-0.39, 0.29) is 18.6 Å². The molecule has 1 rings (SSSR count). The second-order valence-corrected chi connectivity index (χ2v) is 10.8. The third-order valence-electron chi connectivity index (χ3n) is 6.74. The lowest BCUT2D eigenvalue weighted by molar-refractivity contribution is -0.140. The van der Waals surface area contributed by atoms with Crippen LogP contribution in [0.15, 0.2) is 24.3 Å². The fourth-order valence-corrected chi connectivity index (χ4v) is 4.07. The van der Waals surface area contributed by atoms with Gasteiger partial charge in [-0.3, -0.25) is 43.2 Å². The molecule has 49 heavy (non-hydrogen) atoms. The van der Waals surface area contributed by atoms with E-state index in [1.807, 2.05) is 0 Å². The average Bonchev–Trinajstić information content (AvgIpc) is 3.02. The van der Waals surface area contributed by atoms with Crippen LogP contribution >= 0.6 is 0 Å². The summed E-state index contributed by atoms with van der Waals surface area (Å²) in [5.74, 6) is -10.4. The number of carboxylic acids is 4. The van der Waals surface area contributed by atoms with Crippen LogP contribution in [0.5, 0.6) is 5.75 Å². The van der Waals surface area contributed by atoms with Crippen LogP contribution in [-0.4, -0.2) is 116 Å². The second-order valence-electron chi connectivity index (χ2n) is 10.8. The molecule has 0 heterocycles. The van der Waals surface area contributed by atoms with E-state index in [1.54, 1.807) is 0 Å². The molecule has 270 valence electrons. The Bertz CT molecular complexity index is 1390. The van der Waals surface area contributed by atoms with Gasteiger partial charge in [-0.05, 0) is 43.9 Å². The van der Waals surface area contributed by atoms with E-state index in [4.69, 9.17) is 26.2 Å². The van der Waals surface area contributed by atoms with Gasteiger partial charge in [0.2, 0.25) is 29.5 Å². The zero-order valence-corrected chi connectivity index (χ0v) is 26.3. The maximum absolute atomic E-state index is 13.2. The summed E-state index contributed by atoms with van der Waals surface area (Å²) in [7, 11) is 0. The first-order valence-electron chi connectivity index (χ1n) is 14.8. The number of hydrogen-bond acceptors (Lipinski definition) is 11.